The van der Waals surface area contributed by atoms with E-state index in [2.05, 4.69) is 13.5 Å². The Bertz CT molecular complexity index is 885. The average Bonchev–Trinajstić information content (AvgIpc) is 2.61. The Hall–Kier alpha value is -2.15. The summed E-state index contributed by atoms with van der Waals surface area (Å²) in [5.41, 5.74) is 1.57. The van der Waals surface area contributed by atoms with Crippen LogP contribution in [0.5, 0.6) is 0 Å². The van der Waals surface area contributed by atoms with Gasteiger partial charge in [0.25, 0.3) is 0 Å². The molecule has 3 aliphatic carbocycles. The van der Waals surface area contributed by atoms with E-state index >= 15 is 0 Å². The Morgan fingerprint density at radius 1 is 1.00 bits per heavy atom. The van der Waals surface area contributed by atoms with Gasteiger partial charge in [0, 0.05) is 39.0 Å². The molecule has 2 saturated carbocycles. The molecule has 0 radical (unpaired) electrons. The summed E-state index contributed by atoms with van der Waals surface area (Å²) < 4.78 is 17.8. The number of fused-ring (bicyclic) bond motifs is 3. The van der Waals surface area contributed by atoms with Gasteiger partial charge in [0.1, 0.15) is 18.3 Å². The summed E-state index contributed by atoms with van der Waals surface area (Å²) in [6.07, 6.45) is -0.196. The van der Waals surface area contributed by atoms with E-state index in [-0.39, 0.29) is 11.9 Å². The van der Waals surface area contributed by atoms with E-state index in [0.717, 1.165) is 11.1 Å². The molecule has 0 aromatic rings. The third-order valence-electron chi connectivity index (χ3n) is 8.05. The van der Waals surface area contributed by atoms with Crippen molar-refractivity contribution >= 4 is 17.9 Å². The zero-order valence-corrected chi connectivity index (χ0v) is 20.9. The van der Waals surface area contributed by atoms with Gasteiger partial charge in [-0.25, -0.2) is 0 Å². The SMILES string of the molecule is C=C1[C@@H](O)CC[C@@]2(C)C[C@H](OC(C)=O)C3=C(C)C[C@H](OC(C)=O)[C@@H]([C@@H](OC(C)=O)[C@H]12)C3(C)C. The van der Waals surface area contributed by atoms with Crippen molar-refractivity contribution in [2.24, 2.45) is 22.7 Å². The molecule has 7 heteroatoms. The lowest BCUT2D eigenvalue weighted by Crippen LogP contribution is -2.60. The van der Waals surface area contributed by atoms with Gasteiger partial charge >= 0.3 is 17.9 Å². The molecule has 7 atom stereocenters. The standard InChI is InChI=1S/C26H38O7/c1-13-11-19(31-15(3)27)23-24(33-17(5)29)22-14(2)18(30)9-10-26(22,8)12-20(32-16(4)28)21(13)25(23,6)7/h18-20,22-24,30H,2,9-12H2,1,3-8H3/t18-,19-,20-,22-,23-,24-,26-/m0/s1. The number of rotatable bonds is 3. The minimum absolute atomic E-state index is 0.360. The van der Waals surface area contributed by atoms with Crippen LogP contribution in [0.2, 0.25) is 0 Å². The summed E-state index contributed by atoms with van der Waals surface area (Å²) in [7, 11) is 0. The van der Waals surface area contributed by atoms with Gasteiger partial charge < -0.3 is 19.3 Å². The molecule has 2 fully saturated rings. The van der Waals surface area contributed by atoms with Gasteiger partial charge in [-0.1, -0.05) is 32.9 Å². The van der Waals surface area contributed by atoms with Crippen LogP contribution in [0, 0.1) is 22.7 Å². The molecule has 2 bridgehead atoms. The van der Waals surface area contributed by atoms with Crippen LogP contribution >= 0.6 is 0 Å². The summed E-state index contributed by atoms with van der Waals surface area (Å²) in [5, 5.41) is 10.7. The van der Waals surface area contributed by atoms with Crippen molar-refractivity contribution in [3.63, 3.8) is 0 Å². The van der Waals surface area contributed by atoms with E-state index < -0.39 is 53.1 Å². The third-order valence-corrected chi connectivity index (χ3v) is 8.05. The fraction of sp³-hybridized carbons (Fsp3) is 0.731. The number of aliphatic hydroxyl groups excluding tert-OH is 1. The highest BCUT2D eigenvalue weighted by molar-refractivity contribution is 5.68. The minimum atomic E-state index is -0.719. The predicted octanol–water partition coefficient (Wildman–Crippen LogP) is 3.88. The van der Waals surface area contributed by atoms with Gasteiger partial charge in [-0.2, -0.15) is 0 Å². The molecular weight excluding hydrogens is 424 g/mol. The summed E-state index contributed by atoms with van der Waals surface area (Å²) in [4.78, 5) is 36.6. The number of aliphatic hydroxyl groups is 1. The van der Waals surface area contributed by atoms with Crippen molar-refractivity contribution < 1.29 is 33.7 Å². The van der Waals surface area contributed by atoms with Crippen LogP contribution in [0.25, 0.3) is 0 Å². The molecule has 0 amide bonds. The van der Waals surface area contributed by atoms with Gasteiger partial charge in [-0.3, -0.25) is 14.4 Å². The highest BCUT2D eigenvalue weighted by Crippen LogP contribution is 2.60. The highest BCUT2D eigenvalue weighted by Gasteiger charge is 2.60. The van der Waals surface area contributed by atoms with Crippen molar-refractivity contribution in [2.45, 2.75) is 98.6 Å². The van der Waals surface area contributed by atoms with E-state index in [9.17, 15) is 19.5 Å². The maximum absolute atomic E-state index is 12.3. The van der Waals surface area contributed by atoms with Crippen LogP contribution in [0.3, 0.4) is 0 Å². The second-order valence-electron chi connectivity index (χ2n) is 10.9. The first-order valence-corrected chi connectivity index (χ1v) is 11.8. The van der Waals surface area contributed by atoms with Crippen LogP contribution in [0.1, 0.15) is 74.1 Å². The molecule has 0 spiro atoms. The summed E-state index contributed by atoms with van der Waals surface area (Å²) in [5.74, 6) is -1.99. The third kappa shape index (κ3) is 4.61. The zero-order valence-electron chi connectivity index (χ0n) is 20.9. The first kappa shape index (κ1) is 25.5. The Morgan fingerprint density at radius 3 is 2.12 bits per heavy atom. The smallest absolute Gasteiger partial charge is 0.303 e. The Morgan fingerprint density at radius 2 is 1.58 bits per heavy atom. The molecule has 3 rings (SSSR count). The predicted molar refractivity (Wildman–Crippen MR) is 122 cm³/mol. The fourth-order valence-corrected chi connectivity index (χ4v) is 7.04. The largest absolute Gasteiger partial charge is 0.462 e. The van der Waals surface area contributed by atoms with Crippen LogP contribution in [0.15, 0.2) is 23.3 Å². The maximum atomic E-state index is 12.3. The molecule has 0 aliphatic heterocycles. The van der Waals surface area contributed by atoms with E-state index in [0.29, 0.717) is 31.3 Å². The number of hydrogen-bond donors (Lipinski definition) is 1. The molecule has 7 nitrogen and oxygen atoms in total. The Kier molecular flexibility index (Phi) is 6.87. The van der Waals surface area contributed by atoms with Crippen molar-refractivity contribution in [3.8, 4) is 0 Å². The zero-order chi connectivity index (χ0) is 24.9. The van der Waals surface area contributed by atoms with E-state index in [1.54, 1.807) is 0 Å². The first-order valence-electron chi connectivity index (χ1n) is 11.8. The normalized spacial score (nSPS) is 37.9. The van der Waals surface area contributed by atoms with Crippen molar-refractivity contribution in [2.75, 3.05) is 0 Å². The van der Waals surface area contributed by atoms with Crippen LogP contribution in [-0.2, 0) is 28.6 Å². The number of carbonyl (C=O) groups is 3. The van der Waals surface area contributed by atoms with Gasteiger partial charge in [-0.15, -0.1) is 0 Å². The van der Waals surface area contributed by atoms with E-state index in [1.807, 2.05) is 20.8 Å². The van der Waals surface area contributed by atoms with Crippen LogP contribution in [0.4, 0.5) is 0 Å². The molecule has 33 heavy (non-hydrogen) atoms. The van der Waals surface area contributed by atoms with Crippen molar-refractivity contribution in [1.29, 1.82) is 0 Å². The summed E-state index contributed by atoms with van der Waals surface area (Å²) >= 11 is 0. The molecule has 0 aromatic heterocycles. The van der Waals surface area contributed by atoms with E-state index in [4.69, 9.17) is 14.2 Å². The van der Waals surface area contributed by atoms with Crippen LogP contribution < -0.4 is 0 Å². The fourth-order valence-electron chi connectivity index (χ4n) is 7.04. The molecule has 3 aliphatic rings. The van der Waals surface area contributed by atoms with Crippen molar-refractivity contribution in [1.82, 2.24) is 0 Å². The monoisotopic (exact) mass is 462 g/mol. The van der Waals surface area contributed by atoms with Gasteiger partial charge in [-0.05, 0) is 48.2 Å². The molecule has 0 heterocycles. The highest BCUT2D eigenvalue weighted by atomic mass is 16.6. The number of ether oxygens (including phenoxy) is 3. The second-order valence-corrected chi connectivity index (χ2v) is 10.9. The molecule has 184 valence electrons. The Labute approximate surface area is 196 Å². The van der Waals surface area contributed by atoms with Gasteiger partial charge in [0.15, 0.2) is 0 Å². The summed E-state index contributed by atoms with van der Waals surface area (Å²) in [6, 6.07) is 0. The van der Waals surface area contributed by atoms with Gasteiger partial charge in [0.05, 0.1) is 6.10 Å². The average molecular weight is 463 g/mol. The summed E-state index contributed by atoms with van der Waals surface area (Å²) in [6.45, 7) is 16.5. The molecule has 0 aromatic carbocycles. The quantitative estimate of drug-likeness (QED) is 0.386. The molecular formula is C26H38O7. The topological polar surface area (TPSA) is 99.1 Å². The first-order chi connectivity index (χ1) is 15.2. The lowest BCUT2D eigenvalue weighted by Gasteiger charge is -2.58. The molecule has 1 N–H and O–H groups in total. The second kappa shape index (κ2) is 8.90. The number of carbonyl (C=O) groups excluding carboxylic acids is 3. The van der Waals surface area contributed by atoms with Crippen molar-refractivity contribution in [3.05, 3.63) is 23.3 Å². The molecule has 0 unspecified atom stereocenters. The lowest BCUT2D eigenvalue weighted by atomic mass is 9.50. The Balaban J connectivity index is 2.30. The number of esters is 3. The minimum Gasteiger partial charge on any atom is -0.462 e. The number of hydrogen-bond acceptors (Lipinski definition) is 7. The van der Waals surface area contributed by atoms with Gasteiger partial charge in [0.2, 0.25) is 0 Å². The molecule has 0 saturated heterocycles. The van der Waals surface area contributed by atoms with E-state index in [1.165, 1.54) is 20.8 Å². The van der Waals surface area contributed by atoms with Crippen LogP contribution in [-0.4, -0.2) is 47.4 Å². The lowest BCUT2D eigenvalue weighted by molar-refractivity contribution is -0.183. The maximum Gasteiger partial charge on any atom is 0.303 e.